The van der Waals surface area contributed by atoms with Gasteiger partial charge in [-0.1, -0.05) is 44.2 Å². The first-order chi connectivity index (χ1) is 19.5. The number of carboxylic acids is 1. The second kappa shape index (κ2) is 11.5. The molecule has 1 aliphatic carbocycles. The summed E-state index contributed by atoms with van der Waals surface area (Å²) in [5, 5.41) is 12.3. The largest absolute Gasteiger partial charge is 0.480 e. The number of aliphatic carboxylic acids is 1. The Hall–Kier alpha value is -3.53. The van der Waals surface area contributed by atoms with Crippen LogP contribution in [0.4, 0.5) is 0 Å². The molecule has 3 aliphatic rings. The lowest BCUT2D eigenvalue weighted by atomic mass is 9.89. The van der Waals surface area contributed by atoms with Crippen LogP contribution in [0.1, 0.15) is 92.9 Å². The summed E-state index contributed by atoms with van der Waals surface area (Å²) in [6, 6.07) is 7.69. The lowest BCUT2D eigenvalue weighted by Crippen LogP contribution is -2.51. The number of H-pyrrole nitrogens is 1. The van der Waals surface area contributed by atoms with E-state index in [9.17, 15) is 19.5 Å². The Bertz CT molecular complexity index is 1400. The minimum atomic E-state index is -1.23. The smallest absolute Gasteiger partial charge is 0.326 e. The molecular formula is C30H38N6O4. The Labute approximate surface area is 233 Å². The van der Waals surface area contributed by atoms with Gasteiger partial charge in [0.1, 0.15) is 6.04 Å². The number of nitrogens with one attached hydrogen (secondary N) is 2. The molecule has 1 saturated carbocycles. The zero-order valence-electron chi connectivity index (χ0n) is 22.8. The van der Waals surface area contributed by atoms with Gasteiger partial charge >= 0.3 is 5.97 Å². The maximum absolute atomic E-state index is 14.0. The number of aromatic amines is 1. The molecular weight excluding hydrogens is 508 g/mol. The molecule has 1 aromatic carbocycles. The average molecular weight is 547 g/mol. The molecule has 2 aliphatic heterocycles. The number of nitrogens with zero attached hydrogens (tertiary/aromatic N) is 4. The van der Waals surface area contributed by atoms with E-state index in [0.29, 0.717) is 29.3 Å². The maximum atomic E-state index is 14.0. The average Bonchev–Trinajstić information content (AvgIpc) is 3.52. The number of fused-ring (bicyclic) bond motifs is 3. The first kappa shape index (κ1) is 26.7. The number of rotatable bonds is 7. The third-order valence-corrected chi connectivity index (χ3v) is 9.22. The lowest BCUT2D eigenvalue weighted by molar-refractivity contribution is -0.139. The van der Waals surface area contributed by atoms with Crippen molar-refractivity contribution in [3.05, 3.63) is 58.5 Å². The number of imidazole rings is 1. The molecule has 2 bridgehead atoms. The van der Waals surface area contributed by atoms with Crippen LogP contribution in [0.25, 0.3) is 11.0 Å². The van der Waals surface area contributed by atoms with Gasteiger partial charge in [-0.2, -0.15) is 0 Å². The predicted octanol–water partition coefficient (Wildman–Crippen LogP) is 3.83. The van der Waals surface area contributed by atoms with Gasteiger partial charge in [-0.15, -0.1) is 0 Å². The Balaban J connectivity index is 1.29. The number of piperidine rings is 1. The normalized spacial score (nSPS) is 24.9. The van der Waals surface area contributed by atoms with Crippen LogP contribution in [0.2, 0.25) is 0 Å². The molecule has 2 saturated heterocycles. The van der Waals surface area contributed by atoms with Crippen LogP contribution >= 0.6 is 0 Å². The van der Waals surface area contributed by atoms with Gasteiger partial charge in [-0.05, 0) is 50.7 Å². The molecule has 4 atom stereocenters. The minimum absolute atomic E-state index is 0.0197. The highest BCUT2D eigenvalue weighted by atomic mass is 16.4. The van der Waals surface area contributed by atoms with Gasteiger partial charge in [-0.25, -0.2) is 14.8 Å². The molecule has 6 rings (SSSR count). The molecule has 1 amide bonds. The van der Waals surface area contributed by atoms with Crippen molar-refractivity contribution >= 4 is 22.9 Å². The molecule has 4 heterocycles. The molecule has 40 heavy (non-hydrogen) atoms. The van der Waals surface area contributed by atoms with Crippen LogP contribution in [-0.2, 0) is 11.2 Å². The van der Waals surface area contributed by atoms with Crippen molar-refractivity contribution in [1.29, 1.82) is 0 Å². The minimum Gasteiger partial charge on any atom is -0.480 e. The van der Waals surface area contributed by atoms with Crippen molar-refractivity contribution in [2.24, 2.45) is 0 Å². The van der Waals surface area contributed by atoms with Crippen LogP contribution in [0.15, 0.2) is 41.6 Å². The second-order valence-corrected chi connectivity index (χ2v) is 11.7. The van der Waals surface area contributed by atoms with Crippen molar-refractivity contribution in [2.75, 3.05) is 0 Å². The zero-order chi connectivity index (χ0) is 27.6. The standard InChI is InChI=1S/C30H38N6O4/c37-28(34-25(30(39)40)14-19-17-31-18-32-19)27-29(38)36(26-11-7-6-10-24(26)33-27)23-15-21-12-13-22(16-23)35(21)20-8-4-2-1-3-5-9-20/h6-7,10-11,17-18,20-23,25H,1-5,8-9,12-16H2,(H,31,32)(H,34,37)(H,39,40)/t21-,22+,23?,25?. The summed E-state index contributed by atoms with van der Waals surface area (Å²) >= 11 is 0. The first-order valence-corrected chi connectivity index (χ1v) is 14.8. The SMILES string of the molecule is O=C(NC(Cc1cnc[nH]1)C(=O)O)c1nc2ccccc2n(C2C[C@H]3CC[C@@H](C2)N3C2CCCCCCC2)c1=O. The number of para-hydroxylation sites is 2. The Morgan fingerprint density at radius 3 is 2.35 bits per heavy atom. The molecule has 3 aromatic rings. The fraction of sp³-hybridized carbons (Fsp3) is 0.567. The molecule has 3 N–H and O–H groups in total. The van der Waals surface area contributed by atoms with E-state index in [1.54, 1.807) is 10.6 Å². The lowest BCUT2D eigenvalue weighted by Gasteiger charge is -2.45. The third kappa shape index (κ3) is 5.29. The number of amides is 1. The number of carboxylic acid groups (broad SMARTS) is 1. The van der Waals surface area contributed by atoms with Crippen molar-refractivity contribution in [1.82, 2.24) is 29.7 Å². The number of carbonyl (C=O) groups is 2. The van der Waals surface area contributed by atoms with Crippen molar-refractivity contribution < 1.29 is 14.7 Å². The van der Waals surface area contributed by atoms with Gasteiger partial charge in [0.15, 0.2) is 5.69 Å². The second-order valence-electron chi connectivity index (χ2n) is 11.7. The molecule has 2 unspecified atom stereocenters. The van der Waals surface area contributed by atoms with Gasteiger partial charge in [0.2, 0.25) is 0 Å². The summed E-state index contributed by atoms with van der Waals surface area (Å²) in [7, 11) is 0. The van der Waals surface area contributed by atoms with Crippen LogP contribution in [0.3, 0.4) is 0 Å². The fourth-order valence-electron chi connectivity index (χ4n) is 7.43. The highest BCUT2D eigenvalue weighted by molar-refractivity contribution is 5.96. The topological polar surface area (TPSA) is 133 Å². The number of hydrogen-bond donors (Lipinski definition) is 3. The molecule has 10 heteroatoms. The molecule has 212 valence electrons. The van der Waals surface area contributed by atoms with Gasteiger partial charge in [0, 0.05) is 42.5 Å². The van der Waals surface area contributed by atoms with Crippen molar-refractivity contribution in [3.8, 4) is 0 Å². The van der Waals surface area contributed by atoms with Crippen LogP contribution < -0.4 is 10.9 Å². The summed E-state index contributed by atoms with van der Waals surface area (Å²) in [5.41, 5.74) is 1.14. The zero-order valence-corrected chi connectivity index (χ0v) is 22.8. The monoisotopic (exact) mass is 546 g/mol. The maximum Gasteiger partial charge on any atom is 0.326 e. The van der Waals surface area contributed by atoms with E-state index < -0.39 is 23.5 Å². The first-order valence-electron chi connectivity index (χ1n) is 14.8. The summed E-state index contributed by atoms with van der Waals surface area (Å²) in [6.45, 7) is 0. The number of hydrogen-bond acceptors (Lipinski definition) is 6. The molecule has 3 fully saturated rings. The molecule has 2 aromatic heterocycles. The molecule has 0 radical (unpaired) electrons. The van der Waals surface area contributed by atoms with E-state index in [1.807, 2.05) is 18.2 Å². The highest BCUT2D eigenvalue weighted by Gasteiger charge is 2.44. The highest BCUT2D eigenvalue weighted by Crippen LogP contribution is 2.44. The van der Waals surface area contributed by atoms with E-state index in [4.69, 9.17) is 0 Å². The van der Waals surface area contributed by atoms with Crippen molar-refractivity contribution in [3.63, 3.8) is 0 Å². The quantitative estimate of drug-likeness (QED) is 0.410. The Morgan fingerprint density at radius 2 is 1.68 bits per heavy atom. The summed E-state index contributed by atoms with van der Waals surface area (Å²) in [5.74, 6) is -1.96. The summed E-state index contributed by atoms with van der Waals surface area (Å²) in [4.78, 5) is 53.2. The van der Waals surface area contributed by atoms with E-state index in [-0.39, 0.29) is 18.2 Å². The number of carbonyl (C=O) groups excluding carboxylic acids is 1. The van der Waals surface area contributed by atoms with Crippen LogP contribution in [0, 0.1) is 0 Å². The number of aromatic nitrogens is 4. The summed E-state index contributed by atoms with van der Waals surface area (Å²) < 4.78 is 1.78. The third-order valence-electron chi connectivity index (χ3n) is 9.22. The van der Waals surface area contributed by atoms with Gasteiger partial charge in [-0.3, -0.25) is 14.5 Å². The van der Waals surface area contributed by atoms with E-state index >= 15 is 0 Å². The van der Waals surface area contributed by atoms with Gasteiger partial charge < -0.3 is 20.0 Å². The molecule has 0 spiro atoms. The van der Waals surface area contributed by atoms with E-state index in [1.165, 1.54) is 57.5 Å². The van der Waals surface area contributed by atoms with Crippen molar-refractivity contribution in [2.45, 2.75) is 107 Å². The van der Waals surface area contributed by atoms with E-state index in [0.717, 1.165) is 31.2 Å². The van der Waals surface area contributed by atoms with E-state index in [2.05, 4.69) is 25.2 Å². The fourth-order valence-corrected chi connectivity index (χ4v) is 7.43. The Kier molecular flexibility index (Phi) is 7.69. The van der Waals surface area contributed by atoms with Gasteiger partial charge in [0.05, 0.1) is 17.4 Å². The number of benzene rings is 1. The van der Waals surface area contributed by atoms with Crippen LogP contribution in [0.5, 0.6) is 0 Å². The summed E-state index contributed by atoms with van der Waals surface area (Å²) in [6.07, 6.45) is 16.2. The van der Waals surface area contributed by atoms with Gasteiger partial charge in [0.25, 0.3) is 11.5 Å². The molecule has 10 nitrogen and oxygen atoms in total. The predicted molar refractivity (Wildman–Crippen MR) is 150 cm³/mol. The Morgan fingerprint density at radius 1 is 0.975 bits per heavy atom. The van der Waals surface area contributed by atoms with Crippen LogP contribution in [-0.4, -0.2) is 65.6 Å².